The first-order valence-electron chi connectivity index (χ1n) is 16.3. The minimum absolute atomic E-state index is 0.0761. The standard InChI is InChI=1S/C35H50N4O9/c1-20-16-24-30(41)28(25(31(42)33(24)47-7)19-37-39-14-9-8-10-15-39)38-34(43)21(2)12-11-13-26(45-5)32(48-35(36)44)23(4)18-22(3)29(40)27(17-20)46-6/h11-13,18-20,22,26-27,29,32,40H,8-10,14-17H2,1-7H3,(H2,36,44)(H,38,43)/b13-11+,21-12-,23-18+,37-19+. The number of Topliss-reactive ketones (excluding diaryl/α,β-unsaturated/α-hetero) is 2. The van der Waals surface area contributed by atoms with E-state index < -0.39 is 53.9 Å². The topological polar surface area (TPSA) is 179 Å². The van der Waals surface area contributed by atoms with Crippen LogP contribution in [0, 0.1) is 11.8 Å². The molecule has 3 aliphatic rings. The van der Waals surface area contributed by atoms with Crippen LogP contribution in [0.25, 0.3) is 0 Å². The second kappa shape index (κ2) is 17.9. The summed E-state index contributed by atoms with van der Waals surface area (Å²) in [5.41, 5.74) is 6.03. The molecule has 2 amide bonds. The monoisotopic (exact) mass is 670 g/mol. The molecule has 0 radical (unpaired) electrons. The highest BCUT2D eigenvalue weighted by Gasteiger charge is 2.38. The van der Waals surface area contributed by atoms with E-state index in [0.717, 1.165) is 19.3 Å². The molecule has 2 heterocycles. The lowest BCUT2D eigenvalue weighted by atomic mass is 9.84. The number of hydrogen-bond acceptors (Lipinski definition) is 11. The fourth-order valence-corrected chi connectivity index (χ4v) is 6.12. The molecule has 0 aromatic carbocycles. The predicted molar refractivity (Wildman–Crippen MR) is 179 cm³/mol. The van der Waals surface area contributed by atoms with Crippen molar-refractivity contribution in [3.63, 3.8) is 0 Å². The number of ether oxygens (including phenoxy) is 4. The number of carbonyl (C=O) groups is 4. The van der Waals surface area contributed by atoms with E-state index >= 15 is 0 Å². The number of piperidine rings is 1. The Balaban J connectivity index is 2.15. The molecule has 3 rings (SSSR count). The van der Waals surface area contributed by atoms with Gasteiger partial charge in [0.05, 0.1) is 31.1 Å². The molecule has 13 heteroatoms. The Bertz CT molecular complexity index is 1400. The summed E-state index contributed by atoms with van der Waals surface area (Å²) in [5, 5.41) is 20.3. The first kappa shape index (κ1) is 38.4. The van der Waals surface area contributed by atoms with E-state index in [4.69, 9.17) is 24.7 Å². The number of nitrogens with one attached hydrogen (secondary N) is 1. The molecular formula is C35H50N4O9. The molecule has 6 atom stereocenters. The molecule has 2 bridgehead atoms. The van der Waals surface area contributed by atoms with E-state index in [0.29, 0.717) is 25.1 Å². The zero-order valence-corrected chi connectivity index (χ0v) is 29.0. The molecule has 264 valence electrons. The van der Waals surface area contributed by atoms with Crippen LogP contribution in [0.5, 0.6) is 0 Å². The van der Waals surface area contributed by atoms with Gasteiger partial charge >= 0.3 is 6.09 Å². The minimum Gasteiger partial charge on any atom is -0.492 e. The van der Waals surface area contributed by atoms with Crippen molar-refractivity contribution in [1.82, 2.24) is 10.3 Å². The summed E-state index contributed by atoms with van der Waals surface area (Å²) in [7, 11) is 4.25. The Morgan fingerprint density at radius 1 is 1.06 bits per heavy atom. The number of amides is 2. The van der Waals surface area contributed by atoms with E-state index in [9.17, 15) is 24.3 Å². The number of ketones is 2. The summed E-state index contributed by atoms with van der Waals surface area (Å²) in [6.07, 6.45) is 6.77. The number of nitrogens with two attached hydrogens (primary N) is 1. The summed E-state index contributed by atoms with van der Waals surface area (Å²) < 4.78 is 22.2. The molecule has 2 aliphatic heterocycles. The molecule has 1 fully saturated rings. The first-order valence-corrected chi connectivity index (χ1v) is 16.3. The van der Waals surface area contributed by atoms with Crippen molar-refractivity contribution in [3.8, 4) is 0 Å². The fourth-order valence-electron chi connectivity index (χ4n) is 6.12. The maximum atomic E-state index is 14.1. The third-order valence-electron chi connectivity index (χ3n) is 8.82. The fraction of sp³-hybridized carbons (Fsp3) is 0.571. The Labute approximate surface area is 282 Å². The number of methoxy groups -OCH3 is 3. The van der Waals surface area contributed by atoms with Gasteiger partial charge in [0.1, 0.15) is 11.8 Å². The van der Waals surface area contributed by atoms with Gasteiger partial charge in [0.15, 0.2) is 11.9 Å². The Hall–Kier alpha value is -4.07. The van der Waals surface area contributed by atoms with Gasteiger partial charge in [0.2, 0.25) is 11.6 Å². The molecule has 0 aromatic heterocycles. The number of carbonyl (C=O) groups excluding carboxylic acids is 4. The Morgan fingerprint density at radius 3 is 2.35 bits per heavy atom. The highest BCUT2D eigenvalue weighted by Crippen LogP contribution is 2.31. The van der Waals surface area contributed by atoms with Crippen LogP contribution in [0.4, 0.5) is 4.79 Å². The Morgan fingerprint density at radius 2 is 1.75 bits per heavy atom. The SMILES string of the molecule is COC1=C2CC(C)CC(OC)C(O)C(C)/C=C(\C)C(OC(N)=O)C(OC)/C=C/C=C(/C)C(=O)NC(=C(/C=N/N3CCCCC3)C1=O)C2=O. The van der Waals surface area contributed by atoms with Crippen molar-refractivity contribution in [2.75, 3.05) is 34.4 Å². The molecular weight excluding hydrogens is 620 g/mol. The van der Waals surface area contributed by atoms with Crippen molar-refractivity contribution in [3.05, 3.63) is 58.1 Å². The van der Waals surface area contributed by atoms with Crippen LogP contribution >= 0.6 is 0 Å². The summed E-state index contributed by atoms with van der Waals surface area (Å²) in [5.74, 6) is -2.58. The van der Waals surface area contributed by atoms with E-state index in [2.05, 4.69) is 10.4 Å². The quantitative estimate of drug-likeness (QED) is 0.216. The summed E-state index contributed by atoms with van der Waals surface area (Å²) >= 11 is 0. The van der Waals surface area contributed by atoms with E-state index in [1.165, 1.54) is 33.6 Å². The molecule has 6 unspecified atom stereocenters. The van der Waals surface area contributed by atoms with Crippen LogP contribution in [-0.2, 0) is 33.3 Å². The van der Waals surface area contributed by atoms with Crippen LogP contribution in [0.2, 0.25) is 0 Å². The summed E-state index contributed by atoms with van der Waals surface area (Å²) in [6, 6.07) is 0. The first-order chi connectivity index (χ1) is 22.8. The van der Waals surface area contributed by atoms with Crippen molar-refractivity contribution in [2.24, 2.45) is 22.7 Å². The second-order valence-corrected chi connectivity index (χ2v) is 12.5. The van der Waals surface area contributed by atoms with E-state index in [-0.39, 0.29) is 40.5 Å². The van der Waals surface area contributed by atoms with Crippen LogP contribution in [-0.4, -0.2) is 98.7 Å². The van der Waals surface area contributed by atoms with Gasteiger partial charge in [-0.25, -0.2) is 4.79 Å². The van der Waals surface area contributed by atoms with Crippen LogP contribution in [0.3, 0.4) is 0 Å². The van der Waals surface area contributed by atoms with Gasteiger partial charge in [-0.3, -0.25) is 19.4 Å². The lowest BCUT2D eigenvalue weighted by Crippen LogP contribution is -2.38. The van der Waals surface area contributed by atoms with Gasteiger partial charge < -0.3 is 35.1 Å². The summed E-state index contributed by atoms with van der Waals surface area (Å²) in [4.78, 5) is 53.3. The van der Waals surface area contributed by atoms with Gasteiger partial charge in [-0.05, 0) is 57.4 Å². The number of allylic oxidation sites excluding steroid dienone is 4. The Kier molecular flexibility index (Phi) is 14.3. The highest BCUT2D eigenvalue weighted by molar-refractivity contribution is 6.32. The van der Waals surface area contributed by atoms with Gasteiger partial charge in [0.25, 0.3) is 5.91 Å². The molecule has 0 spiro atoms. The number of fused-ring (bicyclic) bond motifs is 2. The average molecular weight is 671 g/mol. The number of nitrogens with zero attached hydrogens (tertiary/aromatic N) is 2. The van der Waals surface area contributed by atoms with Crippen molar-refractivity contribution >= 4 is 29.8 Å². The van der Waals surface area contributed by atoms with E-state index in [1.807, 2.05) is 11.9 Å². The number of aliphatic hydroxyl groups excluding tert-OH is 1. The molecule has 1 saturated heterocycles. The number of hydrazone groups is 1. The lowest BCUT2D eigenvalue weighted by molar-refractivity contribution is -0.121. The van der Waals surface area contributed by atoms with Crippen molar-refractivity contribution < 1.29 is 43.2 Å². The minimum atomic E-state index is -1.01. The largest absolute Gasteiger partial charge is 0.492 e. The molecule has 1 aliphatic carbocycles. The lowest BCUT2D eigenvalue weighted by Gasteiger charge is -2.30. The molecule has 0 saturated carbocycles. The van der Waals surface area contributed by atoms with Gasteiger partial charge in [0, 0.05) is 44.4 Å². The second-order valence-electron chi connectivity index (χ2n) is 12.5. The van der Waals surface area contributed by atoms with Crippen molar-refractivity contribution in [2.45, 2.75) is 84.2 Å². The highest BCUT2D eigenvalue weighted by atomic mass is 16.6. The van der Waals surface area contributed by atoms with Crippen LogP contribution in [0.1, 0.15) is 59.8 Å². The average Bonchev–Trinajstić information content (AvgIpc) is 3.06. The summed E-state index contributed by atoms with van der Waals surface area (Å²) in [6.45, 7) is 8.39. The zero-order chi connectivity index (χ0) is 35.5. The van der Waals surface area contributed by atoms with Gasteiger partial charge in [-0.2, -0.15) is 5.10 Å². The van der Waals surface area contributed by atoms with Crippen LogP contribution < -0.4 is 11.1 Å². The maximum Gasteiger partial charge on any atom is 0.405 e. The third-order valence-corrected chi connectivity index (χ3v) is 8.82. The predicted octanol–water partition coefficient (Wildman–Crippen LogP) is 3.25. The smallest absolute Gasteiger partial charge is 0.405 e. The van der Waals surface area contributed by atoms with Crippen LogP contribution in [0.15, 0.2) is 63.2 Å². The molecule has 0 aromatic rings. The third kappa shape index (κ3) is 9.74. The molecule has 48 heavy (non-hydrogen) atoms. The number of hydrogen-bond donors (Lipinski definition) is 3. The molecule has 4 N–H and O–H groups in total. The van der Waals surface area contributed by atoms with Crippen molar-refractivity contribution in [1.29, 1.82) is 0 Å². The number of aliphatic hydroxyl groups is 1. The number of rotatable bonds is 6. The maximum absolute atomic E-state index is 14.1. The van der Waals surface area contributed by atoms with Gasteiger partial charge in [-0.1, -0.05) is 38.2 Å². The molecule has 13 nitrogen and oxygen atoms in total. The van der Waals surface area contributed by atoms with E-state index in [1.54, 1.807) is 39.0 Å². The van der Waals surface area contributed by atoms with Gasteiger partial charge in [-0.15, -0.1) is 0 Å². The zero-order valence-electron chi connectivity index (χ0n) is 29.0. The number of primary amides is 1. The normalized spacial score (nSPS) is 31.6.